The van der Waals surface area contributed by atoms with Gasteiger partial charge in [-0.05, 0) is 32.9 Å². The first kappa shape index (κ1) is 16.2. The normalized spacial score (nSPS) is 17.2. The van der Waals surface area contributed by atoms with Crippen LogP contribution in [0.15, 0.2) is 39.4 Å². The lowest BCUT2D eigenvalue weighted by atomic mass is 10.2. The van der Waals surface area contributed by atoms with Crippen LogP contribution in [0.2, 0.25) is 0 Å². The highest BCUT2D eigenvalue weighted by Gasteiger charge is 2.40. The lowest BCUT2D eigenvalue weighted by Gasteiger charge is -2.16. The van der Waals surface area contributed by atoms with E-state index in [1.54, 1.807) is 39.0 Å². The Balaban J connectivity index is 2.53. The Morgan fingerprint density at radius 2 is 1.95 bits per heavy atom. The average molecular weight is 323 g/mol. The van der Waals surface area contributed by atoms with Crippen molar-refractivity contribution in [2.75, 3.05) is 13.2 Å². The minimum atomic E-state index is -3.82. The molecular formula is C14H17N3O4S. The van der Waals surface area contributed by atoms with Crippen molar-refractivity contribution in [2.24, 2.45) is 10.2 Å². The third-order valence-electron chi connectivity index (χ3n) is 2.85. The van der Waals surface area contributed by atoms with Gasteiger partial charge in [0.1, 0.15) is 6.54 Å². The first-order valence-corrected chi connectivity index (χ1v) is 8.18. The Labute approximate surface area is 129 Å². The zero-order valence-corrected chi connectivity index (χ0v) is 13.4. The van der Waals surface area contributed by atoms with E-state index in [1.165, 1.54) is 6.07 Å². The molecule has 0 saturated carbocycles. The van der Waals surface area contributed by atoms with Crippen molar-refractivity contribution in [1.82, 2.24) is 4.31 Å². The topological polar surface area (TPSA) is 88.4 Å². The monoisotopic (exact) mass is 323 g/mol. The summed E-state index contributed by atoms with van der Waals surface area (Å²) < 4.78 is 30.9. The van der Waals surface area contributed by atoms with E-state index in [0.717, 1.165) is 4.31 Å². The SMILES string of the molecule is CCOC(=O)CN1/C(=N\N=C(C)C)c2ccccc2S1(=O)=O. The van der Waals surface area contributed by atoms with E-state index < -0.39 is 22.5 Å². The number of hydrogen-bond acceptors (Lipinski definition) is 6. The number of nitrogens with zero attached hydrogens (tertiary/aromatic N) is 3. The molecule has 22 heavy (non-hydrogen) atoms. The molecule has 0 bridgehead atoms. The molecule has 8 heteroatoms. The van der Waals surface area contributed by atoms with Crippen LogP contribution in [0.3, 0.4) is 0 Å². The molecule has 0 spiro atoms. The second-order valence-electron chi connectivity index (χ2n) is 4.78. The smallest absolute Gasteiger partial charge is 0.326 e. The summed E-state index contributed by atoms with van der Waals surface area (Å²) in [5, 5.41) is 7.92. The maximum absolute atomic E-state index is 12.6. The van der Waals surface area contributed by atoms with Crippen molar-refractivity contribution in [2.45, 2.75) is 25.7 Å². The summed E-state index contributed by atoms with van der Waals surface area (Å²) in [5.41, 5.74) is 1.10. The molecule has 0 N–H and O–H groups in total. The van der Waals surface area contributed by atoms with Gasteiger partial charge in [0, 0.05) is 11.3 Å². The maximum Gasteiger partial charge on any atom is 0.326 e. The molecule has 0 radical (unpaired) electrons. The van der Waals surface area contributed by atoms with E-state index in [0.29, 0.717) is 11.3 Å². The van der Waals surface area contributed by atoms with Gasteiger partial charge < -0.3 is 4.74 Å². The molecule has 0 amide bonds. The Bertz CT molecular complexity index is 749. The Hall–Kier alpha value is -2.22. The van der Waals surface area contributed by atoms with E-state index in [1.807, 2.05) is 0 Å². The largest absolute Gasteiger partial charge is 0.465 e. The van der Waals surface area contributed by atoms with Crippen LogP contribution in [-0.2, 0) is 19.6 Å². The van der Waals surface area contributed by atoms with Crippen molar-refractivity contribution >= 4 is 27.5 Å². The van der Waals surface area contributed by atoms with Gasteiger partial charge >= 0.3 is 5.97 Å². The van der Waals surface area contributed by atoms with Gasteiger partial charge in [-0.25, -0.2) is 12.7 Å². The van der Waals surface area contributed by atoms with Crippen molar-refractivity contribution in [3.8, 4) is 0 Å². The van der Waals surface area contributed by atoms with Crippen LogP contribution in [-0.4, -0.2) is 43.4 Å². The standard InChI is InChI=1S/C14H17N3O4S/c1-4-21-13(18)9-17-14(16-15-10(2)3)11-7-5-6-8-12(11)22(17,19)20/h5-8H,4,9H2,1-3H3/b16-14-. The molecule has 2 rings (SSSR count). The highest BCUT2D eigenvalue weighted by atomic mass is 32.2. The molecule has 1 aliphatic heterocycles. The maximum atomic E-state index is 12.6. The summed E-state index contributed by atoms with van der Waals surface area (Å²) in [5.74, 6) is -0.506. The average Bonchev–Trinajstić information content (AvgIpc) is 2.66. The molecule has 1 heterocycles. The number of sulfonamides is 1. The molecule has 0 fully saturated rings. The fourth-order valence-corrected chi connectivity index (χ4v) is 3.54. The lowest BCUT2D eigenvalue weighted by molar-refractivity contribution is -0.142. The van der Waals surface area contributed by atoms with Crippen molar-refractivity contribution < 1.29 is 17.9 Å². The van der Waals surface area contributed by atoms with Crippen LogP contribution in [0, 0.1) is 0 Å². The molecule has 0 aromatic heterocycles. The molecule has 118 valence electrons. The summed E-state index contributed by atoms with van der Waals surface area (Å²) in [6, 6.07) is 6.45. The minimum Gasteiger partial charge on any atom is -0.465 e. The molecule has 0 atom stereocenters. The molecule has 0 unspecified atom stereocenters. The summed E-state index contributed by atoms with van der Waals surface area (Å²) in [4.78, 5) is 11.8. The Morgan fingerprint density at radius 3 is 2.59 bits per heavy atom. The van der Waals surface area contributed by atoms with Crippen molar-refractivity contribution in [3.63, 3.8) is 0 Å². The molecule has 1 aliphatic rings. The lowest BCUT2D eigenvalue weighted by Crippen LogP contribution is -2.36. The van der Waals surface area contributed by atoms with Gasteiger partial charge in [0.25, 0.3) is 10.0 Å². The number of amidine groups is 1. The Morgan fingerprint density at radius 1 is 1.27 bits per heavy atom. The molecule has 0 aliphatic carbocycles. The van der Waals surface area contributed by atoms with Gasteiger partial charge in [-0.2, -0.15) is 5.10 Å². The van der Waals surface area contributed by atoms with Gasteiger partial charge in [-0.1, -0.05) is 12.1 Å². The molecule has 1 aromatic rings. The van der Waals surface area contributed by atoms with E-state index in [2.05, 4.69) is 10.2 Å². The summed E-state index contributed by atoms with van der Waals surface area (Å²) in [6.07, 6.45) is 0. The van der Waals surface area contributed by atoms with Crippen LogP contribution >= 0.6 is 0 Å². The predicted octanol–water partition coefficient (Wildman–Crippen LogP) is 1.40. The van der Waals surface area contributed by atoms with Gasteiger partial charge in [0.05, 0.1) is 11.5 Å². The predicted molar refractivity (Wildman–Crippen MR) is 82.3 cm³/mol. The summed E-state index contributed by atoms with van der Waals surface area (Å²) in [6.45, 7) is 4.90. The van der Waals surface area contributed by atoms with E-state index in [9.17, 15) is 13.2 Å². The quantitative estimate of drug-likeness (QED) is 0.476. The van der Waals surface area contributed by atoms with Gasteiger partial charge in [-0.15, -0.1) is 5.10 Å². The highest BCUT2D eigenvalue weighted by molar-refractivity contribution is 7.90. The molecule has 7 nitrogen and oxygen atoms in total. The zero-order valence-electron chi connectivity index (χ0n) is 12.6. The van der Waals surface area contributed by atoms with Crippen LogP contribution in [0.1, 0.15) is 26.3 Å². The van der Waals surface area contributed by atoms with Crippen molar-refractivity contribution in [1.29, 1.82) is 0 Å². The van der Waals surface area contributed by atoms with Gasteiger partial charge in [-0.3, -0.25) is 4.79 Å². The number of carbonyl (C=O) groups excluding carboxylic acids is 1. The summed E-state index contributed by atoms with van der Waals surface area (Å²) in [7, 11) is -3.82. The Kier molecular flexibility index (Phi) is 4.60. The number of esters is 1. The van der Waals surface area contributed by atoms with Crippen LogP contribution in [0.25, 0.3) is 0 Å². The molecule has 0 saturated heterocycles. The van der Waals surface area contributed by atoms with Crippen molar-refractivity contribution in [3.05, 3.63) is 29.8 Å². The second kappa shape index (κ2) is 6.27. The fraction of sp³-hybridized carbons (Fsp3) is 0.357. The van der Waals surface area contributed by atoms with Crippen LogP contribution in [0.5, 0.6) is 0 Å². The van der Waals surface area contributed by atoms with E-state index in [-0.39, 0.29) is 17.3 Å². The fourth-order valence-electron chi connectivity index (χ4n) is 1.98. The first-order chi connectivity index (χ1) is 10.4. The minimum absolute atomic E-state index is 0.113. The number of hydrogen-bond donors (Lipinski definition) is 0. The van der Waals surface area contributed by atoms with Gasteiger partial charge in [0.15, 0.2) is 5.84 Å². The van der Waals surface area contributed by atoms with Crippen LogP contribution in [0.4, 0.5) is 0 Å². The number of rotatable bonds is 4. The third-order valence-corrected chi connectivity index (χ3v) is 4.65. The molecule has 1 aromatic carbocycles. The van der Waals surface area contributed by atoms with Gasteiger partial charge in [0.2, 0.25) is 0 Å². The number of ether oxygens (including phenoxy) is 1. The third kappa shape index (κ3) is 3.01. The second-order valence-corrected chi connectivity index (χ2v) is 6.61. The molecular weight excluding hydrogens is 306 g/mol. The zero-order chi connectivity index (χ0) is 16.3. The number of benzene rings is 1. The van der Waals surface area contributed by atoms with E-state index in [4.69, 9.17) is 4.74 Å². The first-order valence-electron chi connectivity index (χ1n) is 6.74. The number of carbonyl (C=O) groups is 1. The van der Waals surface area contributed by atoms with Crippen LogP contribution < -0.4 is 0 Å². The highest BCUT2D eigenvalue weighted by Crippen LogP contribution is 2.30. The summed E-state index contributed by atoms with van der Waals surface area (Å²) >= 11 is 0. The van der Waals surface area contributed by atoms with E-state index >= 15 is 0 Å². The number of fused-ring (bicyclic) bond motifs is 1.